The highest BCUT2D eigenvalue weighted by atomic mass is 16.5. The van der Waals surface area contributed by atoms with Gasteiger partial charge in [0.1, 0.15) is 0 Å². The molecule has 0 spiro atoms. The fourth-order valence-corrected chi connectivity index (χ4v) is 2.29. The van der Waals surface area contributed by atoms with E-state index in [4.69, 9.17) is 9.84 Å². The zero-order valence-electron chi connectivity index (χ0n) is 11.2. The first-order chi connectivity index (χ1) is 9.60. The molecule has 0 bridgehead atoms. The minimum atomic E-state index is -0.754. The zero-order valence-corrected chi connectivity index (χ0v) is 11.2. The van der Waals surface area contributed by atoms with Gasteiger partial charge in [-0.05, 0) is 31.7 Å². The van der Waals surface area contributed by atoms with Crippen LogP contribution in [0.2, 0.25) is 0 Å². The molecule has 0 radical (unpaired) electrons. The van der Waals surface area contributed by atoms with Crippen LogP contribution in [0.25, 0.3) is 0 Å². The third kappa shape index (κ3) is 3.43. The molecular weight excluding hydrogens is 262 g/mol. The molecule has 20 heavy (non-hydrogen) atoms. The number of aliphatic carboxylic acids is 1. The quantitative estimate of drug-likeness (QED) is 0.847. The lowest BCUT2D eigenvalue weighted by atomic mass is 9.86. The Labute approximate surface area is 116 Å². The predicted octanol–water partition coefficient (Wildman–Crippen LogP) is 0.858. The summed E-state index contributed by atoms with van der Waals surface area (Å²) in [6.45, 7) is 0. The summed E-state index contributed by atoms with van der Waals surface area (Å²) in [5.41, 5.74) is 0.228. The van der Waals surface area contributed by atoms with Crippen molar-refractivity contribution in [1.82, 2.24) is 15.5 Å². The van der Waals surface area contributed by atoms with Crippen molar-refractivity contribution >= 4 is 11.9 Å². The number of nitrogens with zero attached hydrogens (tertiary/aromatic N) is 2. The van der Waals surface area contributed by atoms with Gasteiger partial charge in [-0.15, -0.1) is 10.2 Å². The molecule has 1 heterocycles. The molecule has 0 unspecified atom stereocenters. The van der Waals surface area contributed by atoms with Crippen molar-refractivity contribution in [3.05, 3.63) is 17.8 Å². The number of carbonyl (C=O) groups excluding carboxylic acids is 1. The third-order valence-electron chi connectivity index (χ3n) is 3.49. The molecule has 1 aromatic heterocycles. The summed E-state index contributed by atoms with van der Waals surface area (Å²) in [6, 6.07) is 3.12. The molecule has 7 nitrogen and oxygen atoms in total. The minimum absolute atomic E-state index is 0.00185. The molecule has 108 valence electrons. The summed E-state index contributed by atoms with van der Waals surface area (Å²) >= 11 is 0. The largest absolute Gasteiger partial charge is 0.481 e. The number of carboxylic acid groups (broad SMARTS) is 1. The number of aromatic nitrogens is 2. The fraction of sp³-hybridized carbons (Fsp3) is 0.538. The van der Waals surface area contributed by atoms with Crippen LogP contribution in [0.5, 0.6) is 5.88 Å². The second kappa shape index (κ2) is 6.31. The first-order valence-corrected chi connectivity index (χ1v) is 6.51. The number of ether oxygens (including phenoxy) is 1. The first kappa shape index (κ1) is 14.2. The maximum absolute atomic E-state index is 12.0. The molecule has 2 rings (SSSR count). The number of hydrogen-bond donors (Lipinski definition) is 2. The molecule has 1 aromatic rings. The summed E-state index contributed by atoms with van der Waals surface area (Å²) < 4.78 is 4.87. The van der Waals surface area contributed by atoms with Gasteiger partial charge in [-0.3, -0.25) is 9.59 Å². The normalized spacial score (nSPS) is 22.1. The van der Waals surface area contributed by atoms with Gasteiger partial charge in [0, 0.05) is 12.1 Å². The molecular formula is C13H17N3O4. The summed E-state index contributed by atoms with van der Waals surface area (Å²) in [5, 5.41) is 19.3. The van der Waals surface area contributed by atoms with Gasteiger partial charge in [0.25, 0.3) is 5.91 Å². The van der Waals surface area contributed by atoms with Crippen LogP contribution in [0, 0.1) is 5.92 Å². The number of hydrogen-bond acceptors (Lipinski definition) is 5. The predicted molar refractivity (Wildman–Crippen MR) is 69.4 cm³/mol. The highest BCUT2D eigenvalue weighted by molar-refractivity contribution is 5.92. The first-order valence-electron chi connectivity index (χ1n) is 6.51. The van der Waals surface area contributed by atoms with Crippen molar-refractivity contribution in [3.8, 4) is 5.88 Å². The van der Waals surface area contributed by atoms with Crippen molar-refractivity contribution in [2.24, 2.45) is 5.92 Å². The Kier molecular flexibility index (Phi) is 4.49. The molecule has 0 saturated heterocycles. The van der Waals surface area contributed by atoms with Crippen LogP contribution in [-0.2, 0) is 4.79 Å². The van der Waals surface area contributed by atoms with Crippen LogP contribution in [0.3, 0.4) is 0 Å². The molecule has 1 fully saturated rings. The van der Waals surface area contributed by atoms with Crippen LogP contribution in [0.4, 0.5) is 0 Å². The van der Waals surface area contributed by atoms with Crippen molar-refractivity contribution in [2.45, 2.75) is 31.7 Å². The van der Waals surface area contributed by atoms with E-state index in [9.17, 15) is 9.59 Å². The molecule has 1 amide bonds. The van der Waals surface area contributed by atoms with Gasteiger partial charge in [0.15, 0.2) is 5.69 Å². The van der Waals surface area contributed by atoms with Crippen LogP contribution >= 0.6 is 0 Å². The van der Waals surface area contributed by atoms with Gasteiger partial charge in [0.2, 0.25) is 5.88 Å². The van der Waals surface area contributed by atoms with Crippen molar-refractivity contribution < 1.29 is 19.4 Å². The van der Waals surface area contributed by atoms with E-state index in [1.54, 1.807) is 12.1 Å². The number of carboxylic acids is 1. The molecule has 0 aromatic carbocycles. The Morgan fingerprint density at radius 2 is 1.95 bits per heavy atom. The van der Waals surface area contributed by atoms with Gasteiger partial charge < -0.3 is 15.2 Å². The van der Waals surface area contributed by atoms with Gasteiger partial charge in [-0.25, -0.2) is 0 Å². The van der Waals surface area contributed by atoms with Crippen LogP contribution in [0.1, 0.15) is 36.2 Å². The SMILES string of the molecule is COc1ccc(C(=O)NC2CCC(C(=O)O)CC2)nn1. The van der Waals surface area contributed by atoms with Gasteiger partial charge >= 0.3 is 5.97 Å². The second-order valence-electron chi connectivity index (χ2n) is 4.82. The number of amides is 1. The third-order valence-corrected chi connectivity index (χ3v) is 3.49. The maximum atomic E-state index is 12.0. The summed E-state index contributed by atoms with van der Waals surface area (Å²) in [4.78, 5) is 22.8. The van der Waals surface area contributed by atoms with E-state index >= 15 is 0 Å². The lowest BCUT2D eigenvalue weighted by molar-refractivity contribution is -0.142. The molecule has 7 heteroatoms. The average molecular weight is 279 g/mol. The summed E-state index contributed by atoms with van der Waals surface area (Å²) in [7, 11) is 1.48. The Bertz CT molecular complexity index is 481. The number of carbonyl (C=O) groups is 2. The van der Waals surface area contributed by atoms with E-state index in [1.165, 1.54) is 7.11 Å². The van der Waals surface area contributed by atoms with Crippen LogP contribution < -0.4 is 10.1 Å². The highest BCUT2D eigenvalue weighted by Gasteiger charge is 2.27. The smallest absolute Gasteiger partial charge is 0.306 e. The van der Waals surface area contributed by atoms with E-state index in [2.05, 4.69) is 15.5 Å². The molecule has 2 N–H and O–H groups in total. The summed E-state index contributed by atoms with van der Waals surface area (Å²) in [5.74, 6) is -0.984. The minimum Gasteiger partial charge on any atom is -0.481 e. The highest BCUT2D eigenvalue weighted by Crippen LogP contribution is 2.24. The molecule has 1 aliphatic rings. The maximum Gasteiger partial charge on any atom is 0.306 e. The van der Waals surface area contributed by atoms with Crippen molar-refractivity contribution in [1.29, 1.82) is 0 Å². The zero-order chi connectivity index (χ0) is 14.5. The molecule has 1 aliphatic carbocycles. The van der Waals surface area contributed by atoms with Gasteiger partial charge in [0.05, 0.1) is 13.0 Å². The lowest BCUT2D eigenvalue weighted by Crippen LogP contribution is -2.39. The van der Waals surface area contributed by atoms with E-state index < -0.39 is 5.97 Å². The van der Waals surface area contributed by atoms with Crippen LogP contribution in [-0.4, -0.2) is 40.3 Å². The number of rotatable bonds is 4. The molecule has 0 atom stereocenters. The van der Waals surface area contributed by atoms with E-state index in [1.807, 2.05) is 0 Å². The second-order valence-corrected chi connectivity index (χ2v) is 4.82. The Hall–Kier alpha value is -2.18. The summed E-state index contributed by atoms with van der Waals surface area (Å²) in [6.07, 6.45) is 2.53. The number of methoxy groups -OCH3 is 1. The monoisotopic (exact) mass is 279 g/mol. The standard InChI is InChI=1S/C13H17N3O4/c1-20-11-7-6-10(15-16-11)12(17)14-9-4-2-8(3-5-9)13(18)19/h6-9H,2-5H2,1H3,(H,14,17)(H,18,19). The Balaban J connectivity index is 1.87. The molecule has 0 aliphatic heterocycles. The molecule has 1 saturated carbocycles. The topological polar surface area (TPSA) is 101 Å². The fourth-order valence-electron chi connectivity index (χ4n) is 2.29. The van der Waals surface area contributed by atoms with Crippen LogP contribution in [0.15, 0.2) is 12.1 Å². The lowest BCUT2D eigenvalue weighted by Gasteiger charge is -2.26. The van der Waals surface area contributed by atoms with Gasteiger partial charge in [-0.2, -0.15) is 0 Å². The number of nitrogens with one attached hydrogen (secondary N) is 1. The van der Waals surface area contributed by atoms with Gasteiger partial charge in [-0.1, -0.05) is 0 Å². The van der Waals surface area contributed by atoms with Crippen molar-refractivity contribution in [3.63, 3.8) is 0 Å². The Morgan fingerprint density at radius 3 is 2.45 bits per heavy atom. The van der Waals surface area contributed by atoms with Crippen molar-refractivity contribution in [2.75, 3.05) is 7.11 Å². The van der Waals surface area contributed by atoms with E-state index in [-0.39, 0.29) is 23.6 Å². The average Bonchev–Trinajstić information content (AvgIpc) is 2.48. The van der Waals surface area contributed by atoms with E-state index in [0.29, 0.717) is 31.6 Å². The Morgan fingerprint density at radius 1 is 1.25 bits per heavy atom. The van der Waals surface area contributed by atoms with E-state index in [0.717, 1.165) is 0 Å².